The van der Waals surface area contributed by atoms with Gasteiger partial charge in [-0.15, -0.1) is 11.3 Å². The van der Waals surface area contributed by atoms with Crippen molar-refractivity contribution in [1.29, 1.82) is 0 Å². The first-order valence-corrected chi connectivity index (χ1v) is 6.01. The molecule has 0 saturated carbocycles. The van der Waals surface area contributed by atoms with Crippen LogP contribution in [0.4, 0.5) is 0 Å². The second-order valence-corrected chi connectivity index (χ2v) is 4.81. The van der Waals surface area contributed by atoms with Crippen molar-refractivity contribution >= 4 is 44.1 Å². The van der Waals surface area contributed by atoms with Crippen LogP contribution in [0.1, 0.15) is 20.7 Å². The molecule has 0 aliphatic heterocycles. The van der Waals surface area contributed by atoms with E-state index in [1.807, 2.05) is 24.3 Å². The molecule has 3 aromatic rings. The molecular formula is C14H8O2S. The molecule has 0 spiro atoms. The summed E-state index contributed by atoms with van der Waals surface area (Å²) in [5, 5.41) is 2.08. The van der Waals surface area contributed by atoms with Gasteiger partial charge in [0.15, 0.2) is 12.6 Å². The van der Waals surface area contributed by atoms with Gasteiger partial charge in [0.05, 0.1) is 0 Å². The summed E-state index contributed by atoms with van der Waals surface area (Å²) in [6.07, 6.45) is 1.72. The number of thiophene rings is 1. The van der Waals surface area contributed by atoms with Crippen molar-refractivity contribution in [2.45, 2.75) is 0 Å². The second-order valence-electron chi connectivity index (χ2n) is 3.79. The zero-order valence-corrected chi connectivity index (χ0v) is 9.66. The number of hydrogen-bond acceptors (Lipinski definition) is 3. The van der Waals surface area contributed by atoms with E-state index in [-0.39, 0.29) is 0 Å². The minimum absolute atomic E-state index is 0.681. The molecule has 17 heavy (non-hydrogen) atoms. The molecule has 1 aromatic heterocycles. The summed E-state index contributed by atoms with van der Waals surface area (Å²) in [7, 11) is 0. The fourth-order valence-corrected chi connectivity index (χ4v) is 3.30. The molecular weight excluding hydrogens is 232 g/mol. The standard InChI is InChI=1S/C14H8O2S/c15-7-9-3-1-5-11-12-6-2-4-10(8-16)14(12)17-13(9)11/h1-8H. The number of hydrogen-bond donors (Lipinski definition) is 0. The van der Waals surface area contributed by atoms with Crippen LogP contribution in [0.3, 0.4) is 0 Å². The van der Waals surface area contributed by atoms with Crippen molar-refractivity contribution in [3.05, 3.63) is 47.5 Å². The Kier molecular flexibility index (Phi) is 2.27. The van der Waals surface area contributed by atoms with Crippen LogP contribution >= 0.6 is 11.3 Å². The Morgan fingerprint density at radius 1 is 0.765 bits per heavy atom. The van der Waals surface area contributed by atoms with Crippen LogP contribution in [0.15, 0.2) is 36.4 Å². The summed E-state index contributed by atoms with van der Waals surface area (Å²) in [5.41, 5.74) is 1.36. The summed E-state index contributed by atoms with van der Waals surface area (Å²) < 4.78 is 1.90. The van der Waals surface area contributed by atoms with Crippen molar-refractivity contribution in [3.63, 3.8) is 0 Å². The third-order valence-electron chi connectivity index (χ3n) is 2.84. The van der Waals surface area contributed by atoms with Crippen LogP contribution in [-0.2, 0) is 0 Å². The van der Waals surface area contributed by atoms with Gasteiger partial charge in [-0.25, -0.2) is 0 Å². The molecule has 0 fully saturated rings. The molecule has 0 aliphatic carbocycles. The highest BCUT2D eigenvalue weighted by Crippen LogP contribution is 2.36. The van der Waals surface area contributed by atoms with Gasteiger partial charge in [0.25, 0.3) is 0 Å². The zero-order chi connectivity index (χ0) is 11.8. The van der Waals surface area contributed by atoms with Crippen molar-refractivity contribution < 1.29 is 9.59 Å². The van der Waals surface area contributed by atoms with Gasteiger partial charge in [0, 0.05) is 31.3 Å². The van der Waals surface area contributed by atoms with Crippen molar-refractivity contribution in [1.82, 2.24) is 0 Å². The average molecular weight is 240 g/mol. The topological polar surface area (TPSA) is 34.1 Å². The van der Waals surface area contributed by atoms with Gasteiger partial charge in [-0.05, 0) is 0 Å². The molecule has 0 bridgehead atoms. The van der Waals surface area contributed by atoms with Crippen LogP contribution in [0.25, 0.3) is 20.2 Å². The maximum atomic E-state index is 11.0. The van der Waals surface area contributed by atoms with Crippen LogP contribution in [0, 0.1) is 0 Å². The van der Waals surface area contributed by atoms with E-state index in [2.05, 4.69) is 0 Å². The maximum Gasteiger partial charge on any atom is 0.151 e. The first-order chi connectivity index (χ1) is 8.35. The predicted octanol–water partition coefficient (Wildman–Crippen LogP) is 3.68. The molecule has 0 saturated heterocycles. The van der Waals surface area contributed by atoms with Gasteiger partial charge in [-0.3, -0.25) is 9.59 Å². The first kappa shape index (κ1) is 10.2. The summed E-state index contributed by atoms with van der Waals surface area (Å²) >= 11 is 1.50. The van der Waals surface area contributed by atoms with Crippen molar-refractivity contribution in [2.24, 2.45) is 0 Å². The Hall–Kier alpha value is -2.00. The molecule has 0 atom stereocenters. The van der Waals surface area contributed by atoms with E-state index in [0.717, 1.165) is 32.7 Å². The molecule has 0 aliphatic rings. The smallest absolute Gasteiger partial charge is 0.151 e. The quantitative estimate of drug-likeness (QED) is 0.640. The van der Waals surface area contributed by atoms with Crippen molar-refractivity contribution in [2.75, 3.05) is 0 Å². The van der Waals surface area contributed by atoms with Crippen LogP contribution in [-0.4, -0.2) is 12.6 Å². The van der Waals surface area contributed by atoms with Gasteiger partial charge < -0.3 is 0 Å². The minimum atomic E-state index is 0.681. The van der Waals surface area contributed by atoms with E-state index in [0.29, 0.717) is 11.1 Å². The highest BCUT2D eigenvalue weighted by atomic mass is 32.1. The van der Waals surface area contributed by atoms with E-state index >= 15 is 0 Å². The first-order valence-electron chi connectivity index (χ1n) is 5.20. The van der Waals surface area contributed by atoms with E-state index < -0.39 is 0 Å². The lowest BCUT2D eigenvalue weighted by Gasteiger charge is -1.93. The number of rotatable bonds is 2. The lowest BCUT2D eigenvalue weighted by atomic mass is 10.1. The molecule has 2 nitrogen and oxygen atoms in total. The summed E-state index contributed by atoms with van der Waals surface area (Å²) in [4.78, 5) is 22.0. The number of fused-ring (bicyclic) bond motifs is 3. The molecule has 2 aromatic carbocycles. The third-order valence-corrected chi connectivity index (χ3v) is 4.16. The maximum absolute atomic E-state index is 11.0. The van der Waals surface area contributed by atoms with Gasteiger partial charge in [-0.2, -0.15) is 0 Å². The summed E-state index contributed by atoms with van der Waals surface area (Å²) in [6.45, 7) is 0. The number of benzene rings is 2. The number of aldehydes is 2. The Labute approximate surface area is 101 Å². The number of carbonyl (C=O) groups is 2. The van der Waals surface area contributed by atoms with E-state index in [4.69, 9.17) is 0 Å². The normalized spacial score (nSPS) is 10.8. The Morgan fingerprint density at radius 3 is 1.65 bits per heavy atom. The molecule has 0 unspecified atom stereocenters. The highest BCUT2D eigenvalue weighted by molar-refractivity contribution is 7.26. The van der Waals surface area contributed by atoms with Gasteiger partial charge in [0.2, 0.25) is 0 Å². The molecule has 0 amide bonds. The summed E-state index contributed by atoms with van der Waals surface area (Å²) in [6, 6.07) is 11.3. The number of carbonyl (C=O) groups excluding carboxylic acids is 2. The fourth-order valence-electron chi connectivity index (χ4n) is 2.05. The van der Waals surface area contributed by atoms with Gasteiger partial charge in [0.1, 0.15) is 0 Å². The van der Waals surface area contributed by atoms with E-state index in [1.54, 1.807) is 12.1 Å². The van der Waals surface area contributed by atoms with Crippen LogP contribution in [0.2, 0.25) is 0 Å². The Bertz CT molecular complexity index is 678. The second kappa shape index (κ2) is 3.79. The fraction of sp³-hybridized carbons (Fsp3) is 0. The largest absolute Gasteiger partial charge is 0.298 e. The molecule has 3 heteroatoms. The minimum Gasteiger partial charge on any atom is -0.298 e. The Morgan fingerprint density at radius 2 is 1.24 bits per heavy atom. The van der Waals surface area contributed by atoms with Gasteiger partial charge in [-0.1, -0.05) is 36.4 Å². The lowest BCUT2D eigenvalue weighted by molar-refractivity contribution is 0.111. The van der Waals surface area contributed by atoms with Crippen LogP contribution < -0.4 is 0 Å². The lowest BCUT2D eigenvalue weighted by Crippen LogP contribution is -1.78. The van der Waals surface area contributed by atoms with E-state index in [9.17, 15) is 9.59 Å². The summed E-state index contributed by atoms with van der Waals surface area (Å²) in [5.74, 6) is 0. The van der Waals surface area contributed by atoms with Crippen LogP contribution in [0.5, 0.6) is 0 Å². The highest BCUT2D eigenvalue weighted by Gasteiger charge is 2.10. The van der Waals surface area contributed by atoms with Gasteiger partial charge >= 0.3 is 0 Å². The molecule has 82 valence electrons. The predicted molar refractivity (Wildman–Crippen MR) is 70.1 cm³/mol. The Balaban J connectivity index is 2.57. The zero-order valence-electron chi connectivity index (χ0n) is 8.84. The SMILES string of the molecule is O=Cc1cccc2c1sc1c(C=O)cccc12. The van der Waals surface area contributed by atoms with Crippen molar-refractivity contribution in [3.8, 4) is 0 Å². The monoisotopic (exact) mass is 240 g/mol. The third kappa shape index (κ3) is 1.40. The molecule has 0 radical (unpaired) electrons. The molecule has 3 rings (SSSR count). The molecule has 0 N–H and O–H groups in total. The average Bonchev–Trinajstić information content (AvgIpc) is 2.77. The molecule has 1 heterocycles. The van der Waals surface area contributed by atoms with E-state index in [1.165, 1.54) is 11.3 Å².